The first kappa shape index (κ1) is 18.5. The highest BCUT2D eigenvalue weighted by Crippen LogP contribution is 2.16. The molecule has 1 aromatic rings. The predicted molar refractivity (Wildman–Crippen MR) is 83.5 cm³/mol. The highest BCUT2D eigenvalue weighted by Gasteiger charge is 2.24. The van der Waals surface area contributed by atoms with E-state index in [2.05, 4.69) is 0 Å². The van der Waals surface area contributed by atoms with Crippen molar-refractivity contribution in [2.24, 2.45) is 0 Å². The molecular weight excluding hydrogens is 317 g/mol. The van der Waals surface area contributed by atoms with Crippen LogP contribution in [0, 0.1) is 0 Å². The molecule has 0 bridgehead atoms. The summed E-state index contributed by atoms with van der Waals surface area (Å²) >= 11 is 5.79. The van der Waals surface area contributed by atoms with Crippen LogP contribution in [-0.4, -0.2) is 66.8 Å². The maximum Gasteiger partial charge on any atom is 0.119 e. The number of halogens is 2. The van der Waals surface area contributed by atoms with Gasteiger partial charge in [-0.3, -0.25) is 4.90 Å². The molecule has 2 rings (SSSR count). The number of nitrogens with zero attached hydrogens (tertiary/aromatic N) is 1. The molecule has 2 N–H and O–H groups in total. The van der Waals surface area contributed by atoms with Crippen LogP contribution in [0.25, 0.3) is 0 Å². The van der Waals surface area contributed by atoms with Crippen molar-refractivity contribution >= 4 is 24.0 Å². The third-order valence-corrected chi connectivity index (χ3v) is 3.51. The topological polar surface area (TPSA) is 62.2 Å². The van der Waals surface area contributed by atoms with Gasteiger partial charge in [0.05, 0.1) is 25.9 Å². The van der Waals surface area contributed by atoms with Gasteiger partial charge in [0.2, 0.25) is 0 Å². The zero-order valence-electron chi connectivity index (χ0n) is 11.7. The smallest absolute Gasteiger partial charge is 0.119 e. The number of morpholine rings is 1. The minimum Gasteiger partial charge on any atom is -0.491 e. The van der Waals surface area contributed by atoms with Gasteiger partial charge in [-0.1, -0.05) is 11.6 Å². The van der Waals surface area contributed by atoms with Crippen LogP contribution in [0.1, 0.15) is 0 Å². The summed E-state index contributed by atoms with van der Waals surface area (Å²) in [5.74, 6) is 0.675. The van der Waals surface area contributed by atoms with Gasteiger partial charge < -0.3 is 19.7 Å². The molecule has 21 heavy (non-hydrogen) atoms. The highest BCUT2D eigenvalue weighted by atomic mass is 35.5. The fourth-order valence-electron chi connectivity index (χ4n) is 2.14. The van der Waals surface area contributed by atoms with Gasteiger partial charge in [-0.2, -0.15) is 0 Å². The summed E-state index contributed by atoms with van der Waals surface area (Å²) in [6.45, 7) is 2.54. The van der Waals surface area contributed by atoms with E-state index in [1.54, 1.807) is 24.3 Å². The Hall–Kier alpha value is -0.560. The number of hydrogen-bond donors (Lipinski definition) is 2. The molecular formula is C14H21Cl2NO4. The summed E-state index contributed by atoms with van der Waals surface area (Å²) in [5, 5.41) is 19.9. The second-order valence-electron chi connectivity index (χ2n) is 4.82. The highest BCUT2D eigenvalue weighted by molar-refractivity contribution is 6.30. The van der Waals surface area contributed by atoms with Crippen molar-refractivity contribution in [2.45, 2.75) is 12.1 Å². The van der Waals surface area contributed by atoms with Crippen LogP contribution >= 0.6 is 24.0 Å². The fraction of sp³-hybridized carbons (Fsp3) is 0.571. The van der Waals surface area contributed by atoms with Crippen molar-refractivity contribution < 1.29 is 19.7 Å². The molecule has 1 heterocycles. The SMILES string of the molecule is Cl.OCC1COCCN1CC(O)COc1ccc(Cl)cc1. The number of hydrogen-bond acceptors (Lipinski definition) is 5. The lowest BCUT2D eigenvalue weighted by Gasteiger charge is -2.35. The zero-order valence-corrected chi connectivity index (χ0v) is 13.2. The molecule has 0 spiro atoms. The molecule has 5 nitrogen and oxygen atoms in total. The van der Waals surface area contributed by atoms with Crippen molar-refractivity contribution in [3.05, 3.63) is 29.3 Å². The molecule has 1 aliphatic heterocycles. The van der Waals surface area contributed by atoms with E-state index in [1.165, 1.54) is 0 Å². The molecule has 1 fully saturated rings. The van der Waals surface area contributed by atoms with Crippen LogP contribution in [0.3, 0.4) is 0 Å². The number of benzene rings is 1. The molecule has 2 unspecified atom stereocenters. The van der Waals surface area contributed by atoms with Crippen LogP contribution < -0.4 is 4.74 Å². The molecule has 1 aliphatic rings. The van der Waals surface area contributed by atoms with E-state index in [0.29, 0.717) is 37.1 Å². The van der Waals surface area contributed by atoms with Gasteiger partial charge in [-0.05, 0) is 24.3 Å². The van der Waals surface area contributed by atoms with Crippen molar-refractivity contribution in [1.82, 2.24) is 4.90 Å². The molecule has 0 aromatic heterocycles. The number of β-amino-alcohol motifs (C(OH)–C–C–N with tert-alkyl or cyclic N) is 1. The minimum atomic E-state index is -0.613. The molecule has 7 heteroatoms. The second-order valence-corrected chi connectivity index (χ2v) is 5.26. The van der Waals surface area contributed by atoms with E-state index in [1.807, 2.05) is 4.90 Å². The molecule has 1 saturated heterocycles. The predicted octanol–water partition coefficient (Wildman–Crippen LogP) is 1.19. The summed E-state index contributed by atoms with van der Waals surface area (Å²) < 4.78 is 10.8. The van der Waals surface area contributed by atoms with Crippen molar-refractivity contribution in [3.8, 4) is 5.75 Å². The molecule has 0 aliphatic carbocycles. The Bertz CT molecular complexity index is 404. The Kier molecular flexibility index (Phi) is 8.33. The number of aliphatic hydroxyl groups excluding tert-OH is 2. The monoisotopic (exact) mass is 337 g/mol. The van der Waals surface area contributed by atoms with E-state index >= 15 is 0 Å². The normalized spacial score (nSPS) is 20.6. The van der Waals surface area contributed by atoms with Crippen LogP contribution in [0.2, 0.25) is 5.02 Å². The van der Waals surface area contributed by atoms with Crippen LogP contribution in [0.15, 0.2) is 24.3 Å². The van der Waals surface area contributed by atoms with E-state index in [-0.39, 0.29) is 31.7 Å². The minimum absolute atomic E-state index is 0. The average Bonchev–Trinajstić information content (AvgIpc) is 2.47. The first-order valence-electron chi connectivity index (χ1n) is 6.68. The zero-order chi connectivity index (χ0) is 14.4. The Morgan fingerprint density at radius 2 is 2.10 bits per heavy atom. The number of rotatable bonds is 6. The van der Waals surface area contributed by atoms with E-state index < -0.39 is 6.10 Å². The lowest BCUT2D eigenvalue weighted by Crippen LogP contribution is -2.50. The van der Waals surface area contributed by atoms with Crippen LogP contribution in [0.5, 0.6) is 5.75 Å². The third kappa shape index (κ3) is 5.98. The quantitative estimate of drug-likeness (QED) is 0.816. The van der Waals surface area contributed by atoms with Gasteiger partial charge in [0.1, 0.15) is 18.5 Å². The molecule has 2 atom stereocenters. The maximum absolute atomic E-state index is 10.0. The van der Waals surface area contributed by atoms with Gasteiger partial charge >= 0.3 is 0 Å². The lowest BCUT2D eigenvalue weighted by atomic mass is 10.2. The number of aliphatic hydroxyl groups is 2. The van der Waals surface area contributed by atoms with E-state index in [0.717, 1.165) is 0 Å². The molecule has 0 radical (unpaired) electrons. The standard InChI is InChI=1S/C14H20ClNO4.ClH/c15-11-1-3-14(4-2-11)20-10-13(18)7-16-5-6-19-9-12(16)8-17;/h1-4,12-13,17-18H,5-10H2;1H. The molecule has 0 saturated carbocycles. The first-order chi connectivity index (χ1) is 9.69. The summed E-state index contributed by atoms with van der Waals surface area (Å²) in [6.07, 6.45) is -0.613. The van der Waals surface area contributed by atoms with E-state index in [4.69, 9.17) is 21.1 Å². The summed E-state index contributed by atoms with van der Waals surface area (Å²) in [5.41, 5.74) is 0. The molecule has 1 aromatic carbocycles. The third-order valence-electron chi connectivity index (χ3n) is 3.26. The van der Waals surface area contributed by atoms with Gasteiger partial charge in [0.25, 0.3) is 0 Å². The van der Waals surface area contributed by atoms with Gasteiger partial charge in [0.15, 0.2) is 0 Å². The second kappa shape index (κ2) is 9.46. The Balaban J connectivity index is 0.00000220. The number of ether oxygens (including phenoxy) is 2. The van der Waals surface area contributed by atoms with E-state index in [9.17, 15) is 10.2 Å². The van der Waals surface area contributed by atoms with Gasteiger partial charge in [-0.15, -0.1) is 12.4 Å². The maximum atomic E-state index is 10.0. The summed E-state index contributed by atoms with van der Waals surface area (Å²) in [7, 11) is 0. The van der Waals surface area contributed by atoms with Gasteiger partial charge in [-0.25, -0.2) is 0 Å². The lowest BCUT2D eigenvalue weighted by molar-refractivity contribution is -0.0480. The summed E-state index contributed by atoms with van der Waals surface area (Å²) in [6, 6.07) is 6.97. The van der Waals surface area contributed by atoms with Gasteiger partial charge in [0, 0.05) is 18.1 Å². The van der Waals surface area contributed by atoms with Crippen molar-refractivity contribution in [2.75, 3.05) is 39.5 Å². The Labute approximate surface area is 135 Å². The fourth-order valence-corrected chi connectivity index (χ4v) is 2.27. The first-order valence-corrected chi connectivity index (χ1v) is 7.06. The van der Waals surface area contributed by atoms with Crippen molar-refractivity contribution in [1.29, 1.82) is 0 Å². The van der Waals surface area contributed by atoms with Crippen LogP contribution in [-0.2, 0) is 4.74 Å². The summed E-state index contributed by atoms with van der Waals surface area (Å²) in [4.78, 5) is 2.03. The molecule has 0 amide bonds. The Morgan fingerprint density at radius 3 is 2.76 bits per heavy atom. The average molecular weight is 338 g/mol. The Morgan fingerprint density at radius 1 is 1.38 bits per heavy atom. The largest absolute Gasteiger partial charge is 0.491 e. The van der Waals surface area contributed by atoms with Crippen LogP contribution in [0.4, 0.5) is 0 Å². The van der Waals surface area contributed by atoms with Crippen molar-refractivity contribution in [3.63, 3.8) is 0 Å². The molecule has 120 valence electrons.